The van der Waals surface area contributed by atoms with E-state index < -0.39 is 17.6 Å². The van der Waals surface area contributed by atoms with E-state index in [-0.39, 0.29) is 30.2 Å². The van der Waals surface area contributed by atoms with Gasteiger partial charge in [-0.25, -0.2) is 9.50 Å². The van der Waals surface area contributed by atoms with Crippen molar-refractivity contribution in [2.75, 3.05) is 18.9 Å². The van der Waals surface area contributed by atoms with Gasteiger partial charge in [0.15, 0.2) is 17.1 Å². The van der Waals surface area contributed by atoms with Crippen molar-refractivity contribution < 1.29 is 14.6 Å². The van der Waals surface area contributed by atoms with Gasteiger partial charge in [0.2, 0.25) is 0 Å². The van der Waals surface area contributed by atoms with Gasteiger partial charge in [0, 0.05) is 29.3 Å². The van der Waals surface area contributed by atoms with Crippen LogP contribution in [-0.2, 0) is 4.74 Å². The number of anilines is 1. The van der Waals surface area contributed by atoms with Crippen molar-refractivity contribution in [3.05, 3.63) is 100 Å². The maximum absolute atomic E-state index is 14.1. The molecule has 194 valence electrons. The molecule has 1 atom stereocenters. The molecule has 0 aliphatic carbocycles. The third-order valence-corrected chi connectivity index (χ3v) is 6.64. The van der Waals surface area contributed by atoms with Gasteiger partial charge < -0.3 is 20.9 Å². The van der Waals surface area contributed by atoms with Crippen LogP contribution in [0.25, 0.3) is 22.1 Å². The molecule has 1 saturated heterocycles. The second-order valence-electron chi connectivity index (χ2n) is 9.43. The molecule has 0 unspecified atom stereocenters. The molecule has 4 heterocycles. The summed E-state index contributed by atoms with van der Waals surface area (Å²) in [5.41, 5.74) is 6.72. The fourth-order valence-corrected chi connectivity index (χ4v) is 4.66. The molecular weight excluding hydrogens is 496 g/mol. The Morgan fingerprint density at radius 1 is 1.18 bits per heavy atom. The molecule has 0 spiro atoms. The number of ether oxygens (including phenoxy) is 1. The molecule has 1 aliphatic heterocycles. The van der Waals surface area contributed by atoms with Crippen molar-refractivity contribution >= 4 is 28.1 Å². The lowest BCUT2D eigenvalue weighted by Crippen LogP contribution is -2.48. The zero-order chi connectivity index (χ0) is 27.1. The van der Waals surface area contributed by atoms with Crippen molar-refractivity contribution in [2.45, 2.75) is 18.6 Å². The van der Waals surface area contributed by atoms with E-state index >= 15 is 0 Å². The van der Waals surface area contributed by atoms with Gasteiger partial charge >= 0.3 is 0 Å². The number of amides is 1. The minimum absolute atomic E-state index is 0.0547. The second kappa shape index (κ2) is 9.40. The summed E-state index contributed by atoms with van der Waals surface area (Å²) in [7, 11) is 0. The topological polar surface area (TPSA) is 137 Å². The maximum atomic E-state index is 14.1. The Kier molecular flexibility index (Phi) is 5.87. The van der Waals surface area contributed by atoms with Crippen LogP contribution in [0.1, 0.15) is 34.6 Å². The smallest absolute Gasteiger partial charge is 0.264 e. The summed E-state index contributed by atoms with van der Waals surface area (Å²) in [4.78, 5) is 31.7. The first-order chi connectivity index (χ1) is 18.8. The molecule has 1 fully saturated rings. The quantitative estimate of drug-likeness (QED) is 0.309. The molecule has 10 nitrogen and oxygen atoms in total. The Morgan fingerprint density at radius 2 is 1.97 bits per heavy atom. The number of nitrogen functional groups attached to an aromatic ring is 1. The third-order valence-electron chi connectivity index (χ3n) is 6.64. The Hall–Kier alpha value is -4.98. The average Bonchev–Trinajstić information content (AvgIpc) is 3.26. The van der Waals surface area contributed by atoms with Crippen molar-refractivity contribution in [1.82, 2.24) is 24.5 Å². The first kappa shape index (κ1) is 24.4. The molecular formula is C29H24N6O4. The summed E-state index contributed by atoms with van der Waals surface area (Å²) in [6, 6.07) is 17.5. The maximum Gasteiger partial charge on any atom is 0.264 e. The van der Waals surface area contributed by atoms with E-state index in [1.165, 1.54) is 4.52 Å². The van der Waals surface area contributed by atoms with Gasteiger partial charge in [-0.1, -0.05) is 42.2 Å². The number of fused-ring (bicyclic) bond motifs is 2. The number of nitrogens with two attached hydrogens (primary N) is 1. The summed E-state index contributed by atoms with van der Waals surface area (Å²) >= 11 is 0. The monoisotopic (exact) mass is 520 g/mol. The van der Waals surface area contributed by atoms with E-state index in [9.17, 15) is 14.7 Å². The standard InChI is InChI=1S/C29H24N6O4/c1-18(32-27(36)24-25(30)33-34-14-6-13-31-26(24)34)22-15-20-8-5-7-19(11-12-29(38)16-39-17-29)23(20)28(37)35(22)21-9-3-2-4-10-21/h2-10,13-15,18,38H,16-17H2,1H3,(H2,30,33)(H,32,36)/t18-/m0/s1. The molecule has 6 rings (SSSR count). The summed E-state index contributed by atoms with van der Waals surface area (Å²) < 4.78 is 8.09. The lowest BCUT2D eigenvalue weighted by molar-refractivity contribution is -0.140. The number of nitrogens with zero attached hydrogens (tertiary/aromatic N) is 4. The van der Waals surface area contributed by atoms with Gasteiger partial charge in [-0.3, -0.25) is 14.2 Å². The highest BCUT2D eigenvalue weighted by atomic mass is 16.5. The van der Waals surface area contributed by atoms with Crippen LogP contribution in [-0.4, -0.2) is 49.0 Å². The van der Waals surface area contributed by atoms with Crippen molar-refractivity contribution in [3.8, 4) is 17.5 Å². The van der Waals surface area contributed by atoms with Crippen LogP contribution in [0.3, 0.4) is 0 Å². The molecule has 1 aliphatic rings. The largest absolute Gasteiger partial charge is 0.381 e. The van der Waals surface area contributed by atoms with Gasteiger partial charge in [0.25, 0.3) is 11.5 Å². The number of aromatic nitrogens is 4. The Bertz CT molecular complexity index is 1860. The van der Waals surface area contributed by atoms with E-state index in [4.69, 9.17) is 10.5 Å². The zero-order valence-electron chi connectivity index (χ0n) is 21.0. The van der Waals surface area contributed by atoms with Crippen LogP contribution in [0.2, 0.25) is 0 Å². The summed E-state index contributed by atoms with van der Waals surface area (Å²) in [6.45, 7) is 2.06. The number of pyridine rings is 1. The summed E-state index contributed by atoms with van der Waals surface area (Å²) in [5.74, 6) is 5.41. The molecule has 4 N–H and O–H groups in total. The Morgan fingerprint density at radius 3 is 2.72 bits per heavy atom. The lowest BCUT2D eigenvalue weighted by atomic mass is 10.00. The highest BCUT2D eigenvalue weighted by Crippen LogP contribution is 2.25. The molecule has 2 aromatic carbocycles. The van der Waals surface area contributed by atoms with Crippen LogP contribution in [0.4, 0.5) is 5.82 Å². The second-order valence-corrected chi connectivity index (χ2v) is 9.43. The molecule has 0 saturated carbocycles. The molecule has 39 heavy (non-hydrogen) atoms. The number of para-hydroxylation sites is 1. The third kappa shape index (κ3) is 4.29. The van der Waals surface area contributed by atoms with E-state index in [0.29, 0.717) is 33.4 Å². The fourth-order valence-electron chi connectivity index (χ4n) is 4.66. The number of carbonyl (C=O) groups is 1. The van der Waals surface area contributed by atoms with Crippen LogP contribution in [0.5, 0.6) is 0 Å². The molecule has 1 amide bonds. The number of rotatable bonds is 4. The highest BCUT2D eigenvalue weighted by Gasteiger charge is 2.34. The predicted octanol–water partition coefficient (Wildman–Crippen LogP) is 2.22. The van der Waals surface area contributed by atoms with Crippen molar-refractivity contribution in [1.29, 1.82) is 0 Å². The number of benzene rings is 2. The van der Waals surface area contributed by atoms with Crippen LogP contribution >= 0.6 is 0 Å². The van der Waals surface area contributed by atoms with Gasteiger partial charge in [-0.05, 0) is 42.6 Å². The van der Waals surface area contributed by atoms with Crippen molar-refractivity contribution in [3.63, 3.8) is 0 Å². The predicted molar refractivity (Wildman–Crippen MR) is 145 cm³/mol. The zero-order valence-corrected chi connectivity index (χ0v) is 21.0. The highest BCUT2D eigenvalue weighted by molar-refractivity contribution is 6.04. The van der Waals surface area contributed by atoms with Crippen LogP contribution < -0.4 is 16.6 Å². The van der Waals surface area contributed by atoms with Gasteiger partial charge in [-0.2, -0.15) is 0 Å². The number of nitrogens with one attached hydrogen (secondary N) is 1. The summed E-state index contributed by atoms with van der Waals surface area (Å²) in [5, 5.41) is 18.6. The van der Waals surface area contributed by atoms with Gasteiger partial charge in [0.05, 0.1) is 24.6 Å². The van der Waals surface area contributed by atoms with E-state index in [1.54, 1.807) is 42.1 Å². The number of aliphatic hydroxyl groups is 1. The fraction of sp³-hybridized carbons (Fsp3) is 0.172. The first-order valence-corrected chi connectivity index (χ1v) is 12.3. The number of hydrogen-bond acceptors (Lipinski definition) is 7. The van der Waals surface area contributed by atoms with Crippen LogP contribution in [0, 0.1) is 11.8 Å². The Labute approximate surface area is 222 Å². The van der Waals surface area contributed by atoms with Crippen molar-refractivity contribution in [2.24, 2.45) is 0 Å². The minimum atomic E-state index is -1.21. The average molecular weight is 521 g/mol. The van der Waals surface area contributed by atoms with Crippen LogP contribution in [0.15, 0.2) is 77.9 Å². The van der Waals surface area contributed by atoms with E-state index in [1.807, 2.05) is 42.5 Å². The van der Waals surface area contributed by atoms with Gasteiger partial charge in [-0.15, -0.1) is 5.10 Å². The SMILES string of the molecule is C[C@H](NC(=O)c1c(N)nn2cccnc12)c1cc2cccc(C#CC3(O)COC3)c2c(=O)n1-c1ccccc1. The lowest BCUT2D eigenvalue weighted by Gasteiger charge is -2.30. The van der Waals surface area contributed by atoms with E-state index in [0.717, 1.165) is 0 Å². The molecule has 3 aromatic heterocycles. The first-order valence-electron chi connectivity index (χ1n) is 12.3. The Balaban J connectivity index is 1.47. The normalized spacial score (nSPS) is 14.8. The van der Waals surface area contributed by atoms with Gasteiger partial charge in [0.1, 0.15) is 5.56 Å². The van der Waals surface area contributed by atoms with E-state index in [2.05, 4.69) is 27.2 Å². The number of hydrogen-bond donors (Lipinski definition) is 3. The summed E-state index contributed by atoms with van der Waals surface area (Å²) in [6.07, 6.45) is 3.22. The molecule has 0 radical (unpaired) electrons. The molecule has 0 bridgehead atoms. The minimum Gasteiger partial charge on any atom is -0.381 e. The molecule has 10 heteroatoms. The molecule has 5 aromatic rings. The number of carbonyl (C=O) groups excluding carboxylic acids is 1.